The van der Waals surface area contributed by atoms with E-state index in [2.05, 4.69) is 10.1 Å². The molecule has 1 aromatic heterocycles. The summed E-state index contributed by atoms with van der Waals surface area (Å²) in [5.41, 5.74) is 0.609. The van der Waals surface area contributed by atoms with Crippen LogP contribution >= 0.6 is 11.6 Å². The Morgan fingerprint density at radius 2 is 1.96 bits per heavy atom. The van der Waals surface area contributed by atoms with Crippen LogP contribution in [-0.2, 0) is 0 Å². The summed E-state index contributed by atoms with van der Waals surface area (Å²) < 4.78 is 13.4. The fourth-order valence-corrected chi connectivity index (χ4v) is 2.25. The largest absolute Gasteiger partial charge is 0.438 e. The van der Waals surface area contributed by atoms with Crippen molar-refractivity contribution < 1.29 is 14.5 Å². The van der Waals surface area contributed by atoms with Crippen LogP contribution in [0.2, 0.25) is 5.02 Å². The fourth-order valence-electron chi connectivity index (χ4n) is 2.13. The van der Waals surface area contributed by atoms with Crippen LogP contribution in [-0.4, -0.2) is 24.9 Å². The number of hydrogen-bond donors (Lipinski definition) is 1. The molecule has 25 heavy (non-hydrogen) atoms. The molecule has 0 aliphatic carbocycles. The highest BCUT2D eigenvalue weighted by Crippen LogP contribution is 2.19. The van der Waals surface area contributed by atoms with Gasteiger partial charge in [-0.25, -0.2) is 9.38 Å². The second-order valence-corrected chi connectivity index (χ2v) is 5.54. The lowest BCUT2D eigenvalue weighted by atomic mass is 10.2. The van der Waals surface area contributed by atoms with Gasteiger partial charge in [-0.15, -0.1) is 0 Å². The normalized spacial score (nSPS) is 11.7. The summed E-state index contributed by atoms with van der Waals surface area (Å²) in [6.45, 7) is 1.66. The van der Waals surface area contributed by atoms with Crippen molar-refractivity contribution in [2.45, 2.75) is 6.92 Å². The molecule has 0 spiro atoms. The van der Waals surface area contributed by atoms with Gasteiger partial charge in [0.1, 0.15) is 11.5 Å². The third-order valence-corrected chi connectivity index (χ3v) is 3.64. The molecule has 0 bridgehead atoms. The maximum absolute atomic E-state index is 13.4. The predicted octanol–water partition coefficient (Wildman–Crippen LogP) is 3.15. The second-order valence-electron chi connectivity index (χ2n) is 5.10. The van der Waals surface area contributed by atoms with Crippen LogP contribution in [0.25, 0.3) is 5.69 Å². The van der Waals surface area contributed by atoms with Gasteiger partial charge in [0, 0.05) is 5.02 Å². The first-order chi connectivity index (χ1) is 11.9. The molecule has 0 atom stereocenters. The first-order valence-corrected chi connectivity index (χ1v) is 7.37. The highest BCUT2D eigenvalue weighted by Gasteiger charge is 2.24. The molecule has 0 aliphatic heterocycles. The van der Waals surface area contributed by atoms with Gasteiger partial charge < -0.3 is 15.3 Å². The zero-order valence-corrected chi connectivity index (χ0v) is 13.6. The van der Waals surface area contributed by atoms with Gasteiger partial charge in [0.25, 0.3) is 5.49 Å². The van der Waals surface area contributed by atoms with E-state index in [0.29, 0.717) is 21.1 Å². The molecule has 128 valence electrons. The maximum Gasteiger partial charge on any atom is 0.438 e. The Morgan fingerprint density at radius 3 is 2.60 bits per heavy atom. The van der Waals surface area contributed by atoms with Crippen LogP contribution in [0.3, 0.4) is 0 Å². The number of aromatic nitrogens is 3. The summed E-state index contributed by atoms with van der Waals surface area (Å²) in [7, 11) is 0. The van der Waals surface area contributed by atoms with Crippen molar-refractivity contribution in [2.24, 2.45) is 4.99 Å². The smallest absolute Gasteiger partial charge is 0.409 e. The molecule has 1 heterocycles. The van der Waals surface area contributed by atoms with Crippen LogP contribution < -0.4 is 5.49 Å². The first-order valence-electron chi connectivity index (χ1n) is 6.99. The van der Waals surface area contributed by atoms with Crippen LogP contribution in [0.15, 0.2) is 47.5 Å². The van der Waals surface area contributed by atoms with E-state index in [1.165, 1.54) is 36.4 Å². The minimum atomic E-state index is -0.785. The average Bonchev–Trinajstić information content (AvgIpc) is 2.89. The van der Waals surface area contributed by atoms with E-state index in [4.69, 9.17) is 11.6 Å². The van der Waals surface area contributed by atoms with Crippen molar-refractivity contribution in [3.63, 3.8) is 0 Å². The molecule has 1 N–H and O–H groups in total. The minimum Gasteiger partial charge on any atom is -0.409 e. The van der Waals surface area contributed by atoms with Crippen molar-refractivity contribution in [3.05, 3.63) is 74.5 Å². The molecule has 3 aromatic rings. The van der Waals surface area contributed by atoms with Crippen LogP contribution in [0, 0.1) is 22.9 Å². The van der Waals surface area contributed by atoms with Crippen molar-refractivity contribution in [3.8, 4) is 5.69 Å². The van der Waals surface area contributed by atoms with E-state index in [-0.39, 0.29) is 5.69 Å². The average molecular weight is 364 g/mol. The Morgan fingerprint density at radius 1 is 1.28 bits per heavy atom. The molecule has 0 unspecified atom stereocenters. The Hall–Kier alpha value is -3.20. The maximum atomic E-state index is 13.4. The Labute approximate surface area is 145 Å². The standard InChI is InChI=1S/C15H11ClFN5O3/c1-9-2-5-11(17)8-13(9)18-14-15(22(24)25)19-20(21(14)23)12-6-3-10(16)4-7-12/h2-8,23H,1H3. The molecule has 0 fully saturated rings. The van der Waals surface area contributed by atoms with Gasteiger partial charge in [0.05, 0.1) is 10.8 Å². The zero-order chi connectivity index (χ0) is 18.1. The summed E-state index contributed by atoms with van der Waals surface area (Å²) >= 11 is 5.80. The number of halogens is 2. The topological polar surface area (TPSA) is 98.5 Å². The number of benzene rings is 2. The molecule has 0 radical (unpaired) electrons. The van der Waals surface area contributed by atoms with Crippen LogP contribution in [0.5, 0.6) is 0 Å². The molecule has 2 aromatic carbocycles. The summed E-state index contributed by atoms with van der Waals surface area (Å²) in [4.78, 5) is 15.8. The summed E-state index contributed by atoms with van der Waals surface area (Å²) in [6.07, 6.45) is 0. The molecule has 8 nitrogen and oxygen atoms in total. The van der Waals surface area contributed by atoms with Crippen molar-refractivity contribution in [1.29, 1.82) is 0 Å². The molecule has 10 heteroatoms. The van der Waals surface area contributed by atoms with Gasteiger partial charge in [-0.3, -0.25) is 0 Å². The number of nitrogens with zero attached hydrogens (tertiary/aromatic N) is 5. The van der Waals surface area contributed by atoms with Crippen molar-refractivity contribution >= 4 is 23.1 Å². The Kier molecular flexibility index (Phi) is 4.24. The summed E-state index contributed by atoms with van der Waals surface area (Å²) in [6, 6.07) is 9.94. The molecule has 3 rings (SSSR count). The minimum absolute atomic E-state index is 0.140. The summed E-state index contributed by atoms with van der Waals surface area (Å²) in [5.74, 6) is -1.23. The summed E-state index contributed by atoms with van der Waals surface area (Å²) in [5, 5.41) is 25.8. The Bertz CT molecular complexity index is 1030. The quantitative estimate of drug-likeness (QED) is 0.439. The van der Waals surface area contributed by atoms with Gasteiger partial charge >= 0.3 is 5.82 Å². The molecular weight excluding hydrogens is 353 g/mol. The van der Waals surface area contributed by atoms with Gasteiger partial charge in [-0.1, -0.05) is 22.5 Å². The molecule has 0 saturated carbocycles. The SMILES string of the molecule is Cc1ccc(F)cc1N=c1c([N+](=O)[O-])nn(-c2ccc(Cl)cc2)n1O. The number of rotatable bonds is 3. The molecule has 0 amide bonds. The lowest BCUT2D eigenvalue weighted by Crippen LogP contribution is -2.22. The molecular formula is C15H11ClFN5O3. The number of hydrogen-bond acceptors (Lipinski definition) is 5. The van der Waals surface area contributed by atoms with Crippen LogP contribution in [0.1, 0.15) is 5.56 Å². The molecule has 0 saturated heterocycles. The highest BCUT2D eigenvalue weighted by molar-refractivity contribution is 6.30. The van der Waals surface area contributed by atoms with Gasteiger partial charge in [0.2, 0.25) is 0 Å². The zero-order valence-electron chi connectivity index (χ0n) is 12.8. The van der Waals surface area contributed by atoms with E-state index in [1.54, 1.807) is 6.92 Å². The second kappa shape index (κ2) is 6.36. The number of nitro groups is 1. The van der Waals surface area contributed by atoms with Gasteiger partial charge in [-0.05, 0) is 58.6 Å². The lowest BCUT2D eigenvalue weighted by molar-refractivity contribution is -0.391. The van der Waals surface area contributed by atoms with E-state index in [1.807, 2.05) is 0 Å². The Balaban J connectivity index is 2.26. The predicted molar refractivity (Wildman–Crippen MR) is 86.8 cm³/mol. The highest BCUT2D eigenvalue weighted by atomic mass is 35.5. The third-order valence-electron chi connectivity index (χ3n) is 3.39. The van der Waals surface area contributed by atoms with Gasteiger partial charge in [0.15, 0.2) is 0 Å². The van der Waals surface area contributed by atoms with Gasteiger partial charge in [-0.2, -0.15) is 0 Å². The lowest BCUT2D eigenvalue weighted by Gasteiger charge is -2.01. The van der Waals surface area contributed by atoms with E-state index < -0.39 is 22.0 Å². The third kappa shape index (κ3) is 3.22. The fraction of sp³-hybridized carbons (Fsp3) is 0.0667. The van der Waals surface area contributed by atoms with Crippen LogP contribution in [0.4, 0.5) is 15.9 Å². The number of aryl methyl sites for hydroxylation is 1. The monoisotopic (exact) mass is 363 g/mol. The molecule has 0 aliphatic rings. The first kappa shape index (κ1) is 16.7. The van der Waals surface area contributed by atoms with E-state index in [0.717, 1.165) is 10.9 Å². The van der Waals surface area contributed by atoms with E-state index in [9.17, 15) is 19.7 Å². The van der Waals surface area contributed by atoms with Crippen molar-refractivity contribution in [2.75, 3.05) is 0 Å². The van der Waals surface area contributed by atoms with Crippen molar-refractivity contribution in [1.82, 2.24) is 14.7 Å². The van der Waals surface area contributed by atoms with E-state index >= 15 is 0 Å².